The van der Waals surface area contributed by atoms with Crippen LogP contribution in [-0.2, 0) is 4.79 Å². The van der Waals surface area contributed by atoms with Gasteiger partial charge in [0.1, 0.15) is 0 Å². The number of carbonyl (C=O) groups is 1. The van der Waals surface area contributed by atoms with Gasteiger partial charge < -0.3 is 15.3 Å². The molecular weight excluding hydrogens is 196 g/mol. The highest BCUT2D eigenvalue weighted by Crippen LogP contribution is 2.07. The molecule has 2 unspecified atom stereocenters. The van der Waals surface area contributed by atoms with Crippen molar-refractivity contribution >= 4 is 5.97 Å². The van der Waals surface area contributed by atoms with Gasteiger partial charge in [-0.25, -0.2) is 0 Å². The molecule has 0 aliphatic rings. The summed E-state index contributed by atoms with van der Waals surface area (Å²) >= 11 is 0. The summed E-state index contributed by atoms with van der Waals surface area (Å²) in [5.41, 5.74) is 0. The lowest BCUT2D eigenvalue weighted by atomic mass is 10.1. The van der Waals surface area contributed by atoms with Crippen LogP contribution in [0.5, 0.6) is 0 Å². The highest BCUT2D eigenvalue weighted by atomic mass is 16.4. The van der Waals surface area contributed by atoms with Gasteiger partial charge in [0.05, 0.1) is 12.2 Å². The number of aliphatic hydroxyl groups is 2. The summed E-state index contributed by atoms with van der Waals surface area (Å²) in [4.78, 5) is 9.00. The predicted octanol–water partition coefficient (Wildman–Crippen LogP) is 1.79. The van der Waals surface area contributed by atoms with E-state index in [0.717, 1.165) is 19.8 Å². The zero-order valence-corrected chi connectivity index (χ0v) is 9.94. The highest BCUT2D eigenvalue weighted by Gasteiger charge is 2.08. The van der Waals surface area contributed by atoms with Gasteiger partial charge in [-0.3, -0.25) is 4.79 Å². The molecule has 0 spiro atoms. The molecule has 0 aromatic heterocycles. The fourth-order valence-corrected chi connectivity index (χ4v) is 1.02. The Morgan fingerprint density at radius 3 is 2.00 bits per heavy atom. The molecule has 0 fully saturated rings. The van der Waals surface area contributed by atoms with E-state index in [1.807, 2.05) is 0 Å². The first-order chi connectivity index (χ1) is 6.91. The Kier molecular flexibility index (Phi) is 12.8. The van der Waals surface area contributed by atoms with E-state index in [4.69, 9.17) is 15.0 Å². The fraction of sp³-hybridized carbons (Fsp3) is 0.909. The van der Waals surface area contributed by atoms with Gasteiger partial charge in [-0.05, 0) is 13.3 Å². The molecule has 0 aliphatic heterocycles. The maximum Gasteiger partial charge on any atom is 0.300 e. The number of aliphatic carboxylic acids is 1. The van der Waals surface area contributed by atoms with Gasteiger partial charge in [0.15, 0.2) is 0 Å². The number of carboxylic acid groups (broad SMARTS) is 1. The lowest BCUT2D eigenvalue weighted by Crippen LogP contribution is -2.21. The van der Waals surface area contributed by atoms with Crippen molar-refractivity contribution in [3.8, 4) is 0 Å². The Morgan fingerprint density at radius 1 is 1.20 bits per heavy atom. The Hall–Kier alpha value is -0.610. The number of carboxylic acids is 1. The van der Waals surface area contributed by atoms with Gasteiger partial charge >= 0.3 is 0 Å². The molecule has 0 bridgehead atoms. The molecule has 4 nitrogen and oxygen atoms in total. The second kappa shape index (κ2) is 11.5. The first kappa shape index (κ1) is 16.8. The third-order valence-electron chi connectivity index (χ3n) is 1.91. The molecule has 0 aliphatic carbocycles. The number of rotatable bonds is 6. The van der Waals surface area contributed by atoms with E-state index in [2.05, 4.69) is 6.92 Å². The molecule has 0 saturated carbocycles. The average molecular weight is 220 g/mol. The van der Waals surface area contributed by atoms with Crippen molar-refractivity contribution in [2.45, 2.75) is 65.1 Å². The van der Waals surface area contributed by atoms with E-state index in [1.165, 1.54) is 19.3 Å². The molecule has 0 heterocycles. The molecule has 2 atom stereocenters. The largest absolute Gasteiger partial charge is 0.481 e. The molecule has 92 valence electrons. The van der Waals surface area contributed by atoms with Crippen molar-refractivity contribution in [1.82, 2.24) is 0 Å². The van der Waals surface area contributed by atoms with Gasteiger partial charge in [-0.2, -0.15) is 0 Å². The molecule has 4 heteroatoms. The second-order valence-electron chi connectivity index (χ2n) is 3.68. The third kappa shape index (κ3) is 19.7. The van der Waals surface area contributed by atoms with Crippen LogP contribution >= 0.6 is 0 Å². The standard InChI is InChI=1S/C9H20O2.C2H4O2/c1-3-4-5-6-7-9(11)8(2)10;1-2(3)4/h8-11H,3-7H2,1-2H3;1H3,(H,3,4). The molecule has 15 heavy (non-hydrogen) atoms. The maximum atomic E-state index is 9.18. The number of hydrogen-bond donors (Lipinski definition) is 3. The summed E-state index contributed by atoms with van der Waals surface area (Å²) < 4.78 is 0. The monoisotopic (exact) mass is 220 g/mol. The lowest BCUT2D eigenvalue weighted by Gasteiger charge is -2.12. The normalized spacial score (nSPS) is 13.7. The van der Waals surface area contributed by atoms with Crippen LogP contribution < -0.4 is 0 Å². The van der Waals surface area contributed by atoms with Gasteiger partial charge in [0.2, 0.25) is 0 Å². The van der Waals surface area contributed by atoms with Crippen molar-refractivity contribution in [1.29, 1.82) is 0 Å². The van der Waals surface area contributed by atoms with Gasteiger partial charge in [0, 0.05) is 6.92 Å². The summed E-state index contributed by atoms with van der Waals surface area (Å²) in [5, 5.41) is 25.5. The van der Waals surface area contributed by atoms with Crippen molar-refractivity contribution in [3.63, 3.8) is 0 Å². The van der Waals surface area contributed by atoms with Crippen LogP contribution in [0.25, 0.3) is 0 Å². The minimum Gasteiger partial charge on any atom is -0.481 e. The fourth-order valence-electron chi connectivity index (χ4n) is 1.02. The maximum absolute atomic E-state index is 9.18. The molecule has 0 aromatic rings. The zero-order valence-electron chi connectivity index (χ0n) is 9.94. The Labute approximate surface area is 91.9 Å². The zero-order chi connectivity index (χ0) is 12.3. The summed E-state index contributed by atoms with van der Waals surface area (Å²) in [6, 6.07) is 0. The predicted molar refractivity (Wildman–Crippen MR) is 59.8 cm³/mol. The third-order valence-corrected chi connectivity index (χ3v) is 1.91. The van der Waals surface area contributed by atoms with Crippen molar-refractivity contribution in [2.24, 2.45) is 0 Å². The van der Waals surface area contributed by atoms with E-state index in [0.29, 0.717) is 0 Å². The number of unbranched alkanes of at least 4 members (excludes halogenated alkanes) is 3. The summed E-state index contributed by atoms with van der Waals surface area (Å²) in [7, 11) is 0. The summed E-state index contributed by atoms with van der Waals surface area (Å²) in [6.07, 6.45) is 4.28. The topological polar surface area (TPSA) is 77.8 Å². The van der Waals surface area contributed by atoms with Crippen LogP contribution in [0.15, 0.2) is 0 Å². The Bertz CT molecular complexity index is 142. The summed E-state index contributed by atoms with van der Waals surface area (Å²) in [6.45, 7) is 4.87. The van der Waals surface area contributed by atoms with Crippen LogP contribution in [0.2, 0.25) is 0 Å². The van der Waals surface area contributed by atoms with Crippen molar-refractivity contribution in [3.05, 3.63) is 0 Å². The van der Waals surface area contributed by atoms with E-state index >= 15 is 0 Å². The van der Waals surface area contributed by atoms with Crippen LogP contribution in [0.4, 0.5) is 0 Å². The average Bonchev–Trinajstić information content (AvgIpc) is 2.11. The molecule has 3 N–H and O–H groups in total. The van der Waals surface area contributed by atoms with Gasteiger partial charge in [-0.15, -0.1) is 0 Å². The minimum atomic E-state index is -0.833. The quantitative estimate of drug-likeness (QED) is 0.596. The molecule has 0 amide bonds. The van der Waals surface area contributed by atoms with E-state index in [-0.39, 0.29) is 0 Å². The van der Waals surface area contributed by atoms with Crippen LogP contribution in [0.1, 0.15) is 52.9 Å². The van der Waals surface area contributed by atoms with Crippen LogP contribution in [0.3, 0.4) is 0 Å². The molecular formula is C11H24O4. The van der Waals surface area contributed by atoms with E-state index in [1.54, 1.807) is 6.92 Å². The second-order valence-corrected chi connectivity index (χ2v) is 3.68. The first-order valence-corrected chi connectivity index (χ1v) is 5.47. The Morgan fingerprint density at radius 2 is 1.67 bits per heavy atom. The molecule has 0 saturated heterocycles. The Balaban J connectivity index is 0. The SMILES string of the molecule is CC(=O)O.CCCCCCC(O)C(C)O. The van der Waals surface area contributed by atoms with Crippen LogP contribution in [-0.4, -0.2) is 33.5 Å². The van der Waals surface area contributed by atoms with Gasteiger partial charge in [0.25, 0.3) is 5.97 Å². The molecule has 0 aromatic carbocycles. The highest BCUT2D eigenvalue weighted by molar-refractivity contribution is 5.62. The number of hydrogen-bond acceptors (Lipinski definition) is 3. The molecule has 0 rings (SSSR count). The first-order valence-electron chi connectivity index (χ1n) is 5.47. The minimum absolute atomic E-state index is 0.521. The van der Waals surface area contributed by atoms with Crippen molar-refractivity contribution < 1.29 is 20.1 Å². The number of aliphatic hydroxyl groups excluding tert-OH is 2. The van der Waals surface area contributed by atoms with Gasteiger partial charge in [-0.1, -0.05) is 32.6 Å². The van der Waals surface area contributed by atoms with E-state index in [9.17, 15) is 5.11 Å². The lowest BCUT2D eigenvalue weighted by molar-refractivity contribution is -0.134. The smallest absolute Gasteiger partial charge is 0.300 e. The summed E-state index contributed by atoms with van der Waals surface area (Å²) in [5.74, 6) is -0.833. The van der Waals surface area contributed by atoms with Crippen LogP contribution in [0, 0.1) is 0 Å². The van der Waals surface area contributed by atoms with E-state index < -0.39 is 18.2 Å². The van der Waals surface area contributed by atoms with Crippen molar-refractivity contribution in [2.75, 3.05) is 0 Å². The molecule has 0 radical (unpaired) electrons.